The molecule has 0 aliphatic carbocycles. The minimum absolute atomic E-state index is 0.0665. The van der Waals surface area contributed by atoms with E-state index in [4.69, 9.17) is 11.6 Å². The molecule has 2 heterocycles. The van der Waals surface area contributed by atoms with Gasteiger partial charge in [0.25, 0.3) is 5.91 Å². The smallest absolute Gasteiger partial charge is 0.254 e. The predicted octanol–water partition coefficient (Wildman–Crippen LogP) is 2.55. The maximum absolute atomic E-state index is 12.7. The van der Waals surface area contributed by atoms with E-state index in [0.29, 0.717) is 25.1 Å². The highest BCUT2D eigenvalue weighted by Crippen LogP contribution is 2.15. The van der Waals surface area contributed by atoms with Crippen molar-refractivity contribution < 1.29 is 4.79 Å². The van der Waals surface area contributed by atoms with E-state index in [0.717, 1.165) is 30.4 Å². The summed E-state index contributed by atoms with van der Waals surface area (Å²) in [5, 5.41) is 0.743. The molecule has 1 aromatic carbocycles. The summed E-state index contributed by atoms with van der Waals surface area (Å²) in [5.74, 6) is -0.0665. The normalized spacial score (nSPS) is 15.4. The second kappa shape index (κ2) is 7.85. The van der Waals surface area contributed by atoms with E-state index in [1.807, 2.05) is 30.0 Å². The highest BCUT2D eigenvalue weighted by atomic mass is 35.5. The lowest BCUT2D eigenvalue weighted by Crippen LogP contribution is -2.48. The summed E-state index contributed by atoms with van der Waals surface area (Å²) in [6.07, 6.45) is 0.698. The fourth-order valence-corrected chi connectivity index (χ4v) is 3.31. The molecule has 6 heteroatoms. The molecule has 0 atom stereocenters. The Kier molecular flexibility index (Phi) is 5.56. The maximum atomic E-state index is 12.7. The highest BCUT2D eigenvalue weighted by molar-refractivity contribution is 6.30. The zero-order valence-electron chi connectivity index (χ0n) is 14.3. The molecular formula is C19H22ClN3O2. The van der Waals surface area contributed by atoms with E-state index in [1.165, 1.54) is 11.6 Å². The van der Waals surface area contributed by atoms with Crippen LogP contribution >= 0.6 is 11.6 Å². The van der Waals surface area contributed by atoms with E-state index < -0.39 is 0 Å². The predicted molar refractivity (Wildman–Crippen MR) is 99.1 cm³/mol. The molecule has 3 rings (SSSR count). The van der Waals surface area contributed by atoms with Crippen molar-refractivity contribution in [3.8, 4) is 0 Å². The van der Waals surface area contributed by atoms with Gasteiger partial charge in [-0.05, 0) is 30.2 Å². The van der Waals surface area contributed by atoms with E-state index in [1.54, 1.807) is 6.07 Å². The zero-order valence-corrected chi connectivity index (χ0v) is 15.1. The Bertz CT molecular complexity index is 810. The van der Waals surface area contributed by atoms with Crippen LogP contribution in [0.4, 0.5) is 0 Å². The van der Waals surface area contributed by atoms with E-state index in [9.17, 15) is 9.59 Å². The Morgan fingerprint density at radius 2 is 1.92 bits per heavy atom. The summed E-state index contributed by atoms with van der Waals surface area (Å²) in [6.45, 7) is 5.72. The van der Waals surface area contributed by atoms with Crippen molar-refractivity contribution in [2.75, 3.05) is 26.2 Å². The molecule has 1 aliphatic rings. The molecule has 0 unspecified atom stereocenters. The summed E-state index contributed by atoms with van der Waals surface area (Å²) in [4.78, 5) is 31.2. The first kappa shape index (κ1) is 17.7. The summed E-state index contributed by atoms with van der Waals surface area (Å²) >= 11 is 6.03. The number of pyridine rings is 1. The monoisotopic (exact) mass is 359 g/mol. The number of halogens is 1. The number of aromatic nitrogens is 1. The summed E-state index contributed by atoms with van der Waals surface area (Å²) in [5.41, 5.74) is 2.22. The number of benzene rings is 1. The Labute approximate surface area is 152 Å². The number of hydrogen-bond donors (Lipinski definition) is 1. The average molecular weight is 360 g/mol. The summed E-state index contributed by atoms with van der Waals surface area (Å²) in [7, 11) is 0. The molecular weight excluding hydrogens is 338 g/mol. The minimum atomic E-state index is -0.220. The van der Waals surface area contributed by atoms with Gasteiger partial charge in [-0.3, -0.25) is 14.5 Å². The second-order valence-electron chi connectivity index (χ2n) is 6.31. The largest absolute Gasteiger partial charge is 0.336 e. The van der Waals surface area contributed by atoms with Gasteiger partial charge in [-0.25, -0.2) is 0 Å². The molecule has 1 amide bonds. The molecule has 1 saturated heterocycles. The van der Waals surface area contributed by atoms with Gasteiger partial charge in [0.1, 0.15) is 0 Å². The van der Waals surface area contributed by atoms with Crippen LogP contribution in [0.1, 0.15) is 28.5 Å². The van der Waals surface area contributed by atoms with Crippen LogP contribution in [0.25, 0.3) is 0 Å². The summed E-state index contributed by atoms with van der Waals surface area (Å²) < 4.78 is 0. The standard InChI is InChI=1S/C19H22ClN3O2/c1-2-17-11-15(12-18(24)21-17)19(25)23-8-6-22(7-9-23)13-14-4-3-5-16(20)10-14/h3-5,10-12H,2,6-9,13H2,1H3,(H,21,24). The number of carbonyl (C=O) groups excluding carboxylic acids is 1. The lowest BCUT2D eigenvalue weighted by Gasteiger charge is -2.34. The van der Waals surface area contributed by atoms with Crippen molar-refractivity contribution in [2.24, 2.45) is 0 Å². The number of carbonyl (C=O) groups is 1. The van der Waals surface area contributed by atoms with Gasteiger partial charge in [-0.15, -0.1) is 0 Å². The van der Waals surface area contributed by atoms with Crippen molar-refractivity contribution in [3.05, 3.63) is 68.6 Å². The van der Waals surface area contributed by atoms with E-state index in [2.05, 4.69) is 16.0 Å². The number of hydrogen-bond acceptors (Lipinski definition) is 3. The van der Waals surface area contributed by atoms with Crippen molar-refractivity contribution in [2.45, 2.75) is 19.9 Å². The Balaban J connectivity index is 1.61. The van der Waals surface area contributed by atoms with Gasteiger partial charge in [0.15, 0.2) is 0 Å². The first-order chi connectivity index (χ1) is 12.0. The number of piperazine rings is 1. The van der Waals surface area contributed by atoms with Crippen molar-refractivity contribution >= 4 is 17.5 Å². The number of rotatable bonds is 4. The molecule has 0 spiro atoms. The number of amides is 1. The van der Waals surface area contributed by atoms with Crippen LogP contribution in [0.15, 0.2) is 41.2 Å². The van der Waals surface area contributed by atoms with Crippen molar-refractivity contribution in [1.29, 1.82) is 0 Å². The Morgan fingerprint density at radius 1 is 1.16 bits per heavy atom. The SMILES string of the molecule is CCc1cc(C(=O)N2CCN(Cc3cccc(Cl)c3)CC2)cc(=O)[nH]1. The quantitative estimate of drug-likeness (QED) is 0.912. The van der Waals surface area contributed by atoms with Gasteiger partial charge in [-0.1, -0.05) is 30.7 Å². The fourth-order valence-electron chi connectivity index (χ4n) is 3.10. The van der Waals surface area contributed by atoms with Crippen LogP contribution in [-0.4, -0.2) is 46.9 Å². The number of nitrogens with one attached hydrogen (secondary N) is 1. The molecule has 25 heavy (non-hydrogen) atoms. The number of nitrogens with zero attached hydrogens (tertiary/aromatic N) is 2. The molecule has 1 fully saturated rings. The average Bonchev–Trinajstić information content (AvgIpc) is 2.61. The third-order valence-electron chi connectivity index (χ3n) is 4.48. The Morgan fingerprint density at radius 3 is 2.60 bits per heavy atom. The van der Waals surface area contributed by atoms with Crippen LogP contribution in [-0.2, 0) is 13.0 Å². The van der Waals surface area contributed by atoms with E-state index in [-0.39, 0.29) is 11.5 Å². The highest BCUT2D eigenvalue weighted by Gasteiger charge is 2.22. The molecule has 1 N–H and O–H groups in total. The molecule has 1 aromatic heterocycles. The second-order valence-corrected chi connectivity index (χ2v) is 6.75. The maximum Gasteiger partial charge on any atom is 0.254 e. The third kappa shape index (κ3) is 4.50. The molecule has 132 valence electrons. The molecule has 5 nitrogen and oxygen atoms in total. The number of aromatic amines is 1. The van der Waals surface area contributed by atoms with Crippen LogP contribution in [0.3, 0.4) is 0 Å². The Hall–Kier alpha value is -2.11. The van der Waals surface area contributed by atoms with Gasteiger partial charge in [0.05, 0.1) is 0 Å². The first-order valence-corrected chi connectivity index (χ1v) is 8.92. The van der Waals surface area contributed by atoms with Gasteiger partial charge >= 0.3 is 0 Å². The fraction of sp³-hybridized carbons (Fsp3) is 0.368. The minimum Gasteiger partial charge on any atom is -0.336 e. The van der Waals surface area contributed by atoms with Crippen molar-refractivity contribution in [3.63, 3.8) is 0 Å². The number of aryl methyl sites for hydroxylation is 1. The topological polar surface area (TPSA) is 56.4 Å². The molecule has 0 radical (unpaired) electrons. The molecule has 0 saturated carbocycles. The molecule has 0 bridgehead atoms. The lowest BCUT2D eigenvalue weighted by molar-refractivity contribution is 0.0628. The van der Waals surface area contributed by atoms with Crippen LogP contribution < -0.4 is 5.56 Å². The number of H-pyrrole nitrogens is 1. The van der Waals surface area contributed by atoms with Gasteiger partial charge in [-0.2, -0.15) is 0 Å². The molecule has 1 aliphatic heterocycles. The van der Waals surface area contributed by atoms with Crippen LogP contribution in [0.2, 0.25) is 5.02 Å². The third-order valence-corrected chi connectivity index (χ3v) is 4.72. The lowest BCUT2D eigenvalue weighted by atomic mass is 10.1. The van der Waals surface area contributed by atoms with Crippen molar-refractivity contribution in [1.82, 2.24) is 14.8 Å². The van der Waals surface area contributed by atoms with E-state index >= 15 is 0 Å². The van der Waals surface area contributed by atoms with Crippen LogP contribution in [0.5, 0.6) is 0 Å². The van der Waals surface area contributed by atoms with Crippen LogP contribution in [0, 0.1) is 0 Å². The molecule has 2 aromatic rings. The van der Waals surface area contributed by atoms with Gasteiger partial charge in [0, 0.05) is 55.1 Å². The zero-order chi connectivity index (χ0) is 17.8. The summed E-state index contributed by atoms with van der Waals surface area (Å²) in [6, 6.07) is 11.0. The first-order valence-electron chi connectivity index (χ1n) is 8.54. The van der Waals surface area contributed by atoms with Gasteiger partial charge in [0.2, 0.25) is 5.56 Å². The van der Waals surface area contributed by atoms with Gasteiger partial charge < -0.3 is 9.88 Å².